The van der Waals surface area contributed by atoms with Crippen LogP contribution in [0.15, 0.2) is 23.8 Å². The second-order valence-electron chi connectivity index (χ2n) is 5.72. The molecule has 0 aromatic rings. The van der Waals surface area contributed by atoms with Crippen LogP contribution in [0.4, 0.5) is 0 Å². The molecule has 1 N–H and O–H groups in total. The summed E-state index contributed by atoms with van der Waals surface area (Å²) in [6.45, 7) is 4.77. The highest BCUT2D eigenvalue weighted by Gasteiger charge is 2.29. The van der Waals surface area contributed by atoms with E-state index < -0.39 is 24.0 Å². The zero-order chi connectivity index (χ0) is 18.8. The molecule has 2 unspecified atom stereocenters. The molecule has 0 fully saturated rings. The molecule has 1 aliphatic carbocycles. The number of hydrogen-bond acceptors (Lipinski definition) is 7. The van der Waals surface area contributed by atoms with Crippen LogP contribution in [0.2, 0.25) is 0 Å². The third-order valence-electron chi connectivity index (χ3n) is 3.61. The van der Waals surface area contributed by atoms with Gasteiger partial charge in [0.1, 0.15) is 25.9 Å². The number of esters is 3. The van der Waals surface area contributed by atoms with E-state index in [-0.39, 0.29) is 42.8 Å². The van der Waals surface area contributed by atoms with Gasteiger partial charge in [-0.1, -0.05) is 13.5 Å². The second kappa shape index (κ2) is 10.9. The fourth-order valence-electron chi connectivity index (χ4n) is 2.27. The first-order valence-electron chi connectivity index (χ1n) is 7.98. The Morgan fingerprint density at radius 3 is 2.52 bits per heavy atom. The SMILES string of the molecule is C=CC(=O)OCCOC(=O)C1=C(C(=O)OCC(O)CCl)CCC(C)C1. The minimum absolute atomic E-state index is 0.0539. The van der Waals surface area contributed by atoms with Crippen molar-refractivity contribution in [2.24, 2.45) is 5.92 Å². The normalized spacial score (nSPS) is 18.3. The molecule has 1 rings (SSSR count). The molecule has 7 nitrogen and oxygen atoms in total. The van der Waals surface area contributed by atoms with E-state index in [0.29, 0.717) is 12.8 Å². The minimum atomic E-state index is -0.955. The number of hydrogen-bond donors (Lipinski definition) is 1. The first kappa shape index (κ1) is 21.2. The van der Waals surface area contributed by atoms with Gasteiger partial charge in [-0.05, 0) is 25.2 Å². The highest BCUT2D eigenvalue weighted by atomic mass is 35.5. The molecular formula is C17H23ClO7. The Balaban J connectivity index is 2.68. The molecule has 25 heavy (non-hydrogen) atoms. The van der Waals surface area contributed by atoms with Crippen LogP contribution in [0.5, 0.6) is 0 Å². The first-order valence-corrected chi connectivity index (χ1v) is 8.52. The van der Waals surface area contributed by atoms with Crippen molar-refractivity contribution in [3.05, 3.63) is 23.8 Å². The Morgan fingerprint density at radius 2 is 1.88 bits per heavy atom. The molecule has 0 amide bonds. The van der Waals surface area contributed by atoms with Gasteiger partial charge in [0.25, 0.3) is 0 Å². The molecule has 8 heteroatoms. The van der Waals surface area contributed by atoms with Crippen molar-refractivity contribution in [3.8, 4) is 0 Å². The van der Waals surface area contributed by atoms with E-state index in [1.165, 1.54) is 0 Å². The van der Waals surface area contributed by atoms with E-state index in [2.05, 4.69) is 6.58 Å². The van der Waals surface area contributed by atoms with Gasteiger partial charge in [-0.25, -0.2) is 14.4 Å². The van der Waals surface area contributed by atoms with Crippen LogP contribution in [-0.2, 0) is 28.6 Å². The van der Waals surface area contributed by atoms with Crippen LogP contribution in [0.25, 0.3) is 0 Å². The maximum absolute atomic E-state index is 12.2. The number of carbonyl (C=O) groups is 3. The number of alkyl halides is 1. The minimum Gasteiger partial charge on any atom is -0.460 e. The monoisotopic (exact) mass is 374 g/mol. The Kier molecular flexibility index (Phi) is 9.23. The summed E-state index contributed by atoms with van der Waals surface area (Å²) in [7, 11) is 0. The lowest BCUT2D eigenvalue weighted by molar-refractivity contribution is -0.147. The predicted octanol–water partition coefficient (Wildman–Crippen LogP) is 1.52. The van der Waals surface area contributed by atoms with Gasteiger partial charge in [-0.15, -0.1) is 11.6 Å². The van der Waals surface area contributed by atoms with E-state index in [9.17, 15) is 19.5 Å². The summed E-state index contributed by atoms with van der Waals surface area (Å²) in [5.41, 5.74) is 0.520. The van der Waals surface area contributed by atoms with Gasteiger partial charge in [0.2, 0.25) is 0 Å². The molecular weight excluding hydrogens is 352 g/mol. The standard InChI is InChI=1S/C17H23ClO7/c1-3-15(20)23-6-7-24-17(22)14-8-11(2)4-5-13(14)16(21)25-10-12(19)9-18/h3,11-12,19H,1,4-10H2,2H3. The Morgan fingerprint density at radius 1 is 1.24 bits per heavy atom. The quantitative estimate of drug-likeness (QED) is 0.215. The predicted molar refractivity (Wildman–Crippen MR) is 89.8 cm³/mol. The number of aliphatic hydroxyl groups is 1. The van der Waals surface area contributed by atoms with Crippen LogP contribution >= 0.6 is 11.6 Å². The van der Waals surface area contributed by atoms with Gasteiger partial charge in [-0.3, -0.25) is 0 Å². The number of rotatable bonds is 9. The molecule has 0 saturated heterocycles. The van der Waals surface area contributed by atoms with Crippen LogP contribution in [0.3, 0.4) is 0 Å². The van der Waals surface area contributed by atoms with E-state index in [4.69, 9.17) is 25.8 Å². The average molecular weight is 375 g/mol. The lowest BCUT2D eigenvalue weighted by atomic mass is 9.85. The van der Waals surface area contributed by atoms with Crippen molar-refractivity contribution >= 4 is 29.5 Å². The maximum Gasteiger partial charge on any atom is 0.334 e. The fourth-order valence-corrected chi connectivity index (χ4v) is 2.36. The van der Waals surface area contributed by atoms with Crippen LogP contribution in [0.1, 0.15) is 26.2 Å². The van der Waals surface area contributed by atoms with E-state index >= 15 is 0 Å². The summed E-state index contributed by atoms with van der Waals surface area (Å²) >= 11 is 5.45. The van der Waals surface area contributed by atoms with Gasteiger partial charge < -0.3 is 19.3 Å². The van der Waals surface area contributed by atoms with Crippen LogP contribution in [0, 0.1) is 5.92 Å². The lowest BCUT2D eigenvalue weighted by Gasteiger charge is -2.23. The third-order valence-corrected chi connectivity index (χ3v) is 3.97. The van der Waals surface area contributed by atoms with Gasteiger partial charge >= 0.3 is 17.9 Å². The number of carbonyl (C=O) groups excluding carboxylic acids is 3. The molecule has 0 aromatic carbocycles. The largest absolute Gasteiger partial charge is 0.460 e. The molecule has 0 bridgehead atoms. The topological polar surface area (TPSA) is 99.1 Å². The van der Waals surface area contributed by atoms with Crippen LogP contribution < -0.4 is 0 Å². The molecule has 0 aliphatic heterocycles. The number of aliphatic hydroxyl groups excluding tert-OH is 1. The van der Waals surface area contributed by atoms with Gasteiger partial charge in [0.15, 0.2) is 0 Å². The van der Waals surface area contributed by atoms with Crippen molar-refractivity contribution in [2.75, 3.05) is 25.7 Å². The maximum atomic E-state index is 12.2. The molecule has 0 saturated carbocycles. The zero-order valence-corrected chi connectivity index (χ0v) is 14.9. The molecule has 0 spiro atoms. The van der Waals surface area contributed by atoms with Crippen molar-refractivity contribution in [1.29, 1.82) is 0 Å². The van der Waals surface area contributed by atoms with Crippen molar-refractivity contribution in [1.82, 2.24) is 0 Å². The number of ether oxygens (including phenoxy) is 3. The molecule has 0 radical (unpaired) electrons. The summed E-state index contributed by atoms with van der Waals surface area (Å²) in [6.07, 6.45) is 1.59. The second-order valence-corrected chi connectivity index (χ2v) is 6.03. The molecule has 0 aromatic heterocycles. The van der Waals surface area contributed by atoms with Gasteiger partial charge in [0, 0.05) is 17.2 Å². The highest BCUT2D eigenvalue weighted by molar-refractivity contribution is 6.18. The third kappa shape index (κ3) is 7.27. The van der Waals surface area contributed by atoms with Gasteiger partial charge in [0.05, 0.1) is 5.88 Å². The van der Waals surface area contributed by atoms with Crippen molar-refractivity contribution < 1.29 is 33.7 Å². The summed E-state index contributed by atoms with van der Waals surface area (Å²) in [4.78, 5) is 35.3. The summed E-state index contributed by atoms with van der Waals surface area (Å²) in [5, 5.41) is 9.37. The summed E-state index contributed by atoms with van der Waals surface area (Å²) in [5.74, 6) is -1.72. The Bertz CT molecular complexity index is 541. The van der Waals surface area contributed by atoms with Gasteiger partial charge in [-0.2, -0.15) is 0 Å². The first-order chi connectivity index (χ1) is 11.9. The molecule has 0 heterocycles. The summed E-state index contributed by atoms with van der Waals surface area (Å²) < 4.78 is 14.8. The van der Waals surface area contributed by atoms with E-state index in [1.807, 2.05) is 6.92 Å². The Hall–Kier alpha value is -1.86. The highest BCUT2D eigenvalue weighted by Crippen LogP contribution is 2.30. The van der Waals surface area contributed by atoms with Crippen molar-refractivity contribution in [2.45, 2.75) is 32.3 Å². The van der Waals surface area contributed by atoms with Crippen molar-refractivity contribution in [3.63, 3.8) is 0 Å². The van der Waals surface area contributed by atoms with E-state index in [1.54, 1.807) is 0 Å². The lowest BCUT2D eigenvalue weighted by Crippen LogP contribution is -2.26. The van der Waals surface area contributed by atoms with Crippen LogP contribution in [-0.4, -0.2) is 54.8 Å². The molecule has 1 aliphatic rings. The smallest absolute Gasteiger partial charge is 0.334 e. The molecule has 2 atom stereocenters. The fraction of sp³-hybridized carbons (Fsp3) is 0.588. The Labute approximate surface area is 151 Å². The molecule has 140 valence electrons. The van der Waals surface area contributed by atoms with E-state index in [0.717, 1.165) is 12.5 Å². The summed E-state index contributed by atoms with van der Waals surface area (Å²) in [6, 6.07) is 0. The zero-order valence-electron chi connectivity index (χ0n) is 14.2. The number of halogens is 1. The average Bonchev–Trinajstić information content (AvgIpc) is 2.62.